The molecule has 0 radical (unpaired) electrons. The van der Waals surface area contributed by atoms with Gasteiger partial charge in [0.1, 0.15) is 0 Å². The molecule has 1 atom stereocenters. The molecule has 1 aliphatic heterocycles. The lowest BCUT2D eigenvalue weighted by atomic mass is 9.98. The van der Waals surface area contributed by atoms with Crippen LogP contribution in [0.2, 0.25) is 0 Å². The van der Waals surface area contributed by atoms with Crippen molar-refractivity contribution in [3.05, 3.63) is 0 Å². The minimum absolute atomic E-state index is 0.0480. The summed E-state index contributed by atoms with van der Waals surface area (Å²) in [4.78, 5) is 2.43. The molecule has 1 rings (SSSR count). The molecule has 0 aromatic rings. The van der Waals surface area contributed by atoms with Gasteiger partial charge in [0.25, 0.3) is 0 Å². The van der Waals surface area contributed by atoms with Crippen LogP contribution in [0.25, 0.3) is 0 Å². The van der Waals surface area contributed by atoms with Crippen LogP contribution in [-0.4, -0.2) is 42.8 Å². The normalized spacial score (nSPS) is 32.8. The summed E-state index contributed by atoms with van der Waals surface area (Å²) in [6.45, 7) is 9.87. The summed E-state index contributed by atoms with van der Waals surface area (Å²) in [6.07, 6.45) is 0. The molecule has 0 amide bonds. The van der Waals surface area contributed by atoms with Gasteiger partial charge < -0.3 is 10.5 Å². The Balaban J connectivity index is 2.66. The molecule has 1 unspecified atom stereocenters. The van der Waals surface area contributed by atoms with Crippen LogP contribution in [0.1, 0.15) is 20.8 Å². The molecular formula is C9H20N2O. The minimum Gasteiger partial charge on any atom is -0.378 e. The lowest BCUT2D eigenvalue weighted by molar-refractivity contribution is -0.0698. The lowest BCUT2D eigenvalue weighted by Gasteiger charge is -2.46. The van der Waals surface area contributed by atoms with Gasteiger partial charge >= 0.3 is 0 Å². The van der Waals surface area contributed by atoms with Crippen molar-refractivity contribution in [1.82, 2.24) is 4.90 Å². The largest absolute Gasteiger partial charge is 0.378 e. The molecule has 1 saturated heterocycles. The van der Waals surface area contributed by atoms with Crippen LogP contribution >= 0.6 is 0 Å². The molecule has 1 aliphatic rings. The molecular weight excluding hydrogens is 152 g/mol. The van der Waals surface area contributed by atoms with Crippen LogP contribution in [0.4, 0.5) is 0 Å². The summed E-state index contributed by atoms with van der Waals surface area (Å²) in [7, 11) is 0. The molecule has 72 valence electrons. The Labute approximate surface area is 74.9 Å². The Bertz CT molecular complexity index is 149. The summed E-state index contributed by atoms with van der Waals surface area (Å²) < 4.78 is 5.43. The maximum Gasteiger partial charge on any atom is 0.0660 e. The average Bonchev–Trinajstić information content (AvgIpc) is 2.05. The van der Waals surface area contributed by atoms with Crippen LogP contribution in [0.15, 0.2) is 0 Å². The Morgan fingerprint density at radius 2 is 2.25 bits per heavy atom. The summed E-state index contributed by atoms with van der Waals surface area (Å²) in [6, 6.07) is 0.558. The van der Waals surface area contributed by atoms with Crippen molar-refractivity contribution in [1.29, 1.82) is 0 Å². The van der Waals surface area contributed by atoms with E-state index in [2.05, 4.69) is 25.7 Å². The van der Waals surface area contributed by atoms with Gasteiger partial charge in [0.05, 0.1) is 18.8 Å². The van der Waals surface area contributed by atoms with Crippen molar-refractivity contribution in [3.8, 4) is 0 Å². The predicted octanol–water partition coefficient (Wildman–Crippen LogP) is 0.444. The topological polar surface area (TPSA) is 38.5 Å². The first-order valence-corrected chi connectivity index (χ1v) is 4.65. The molecule has 12 heavy (non-hydrogen) atoms. The number of hydrogen-bond acceptors (Lipinski definition) is 3. The zero-order chi connectivity index (χ0) is 9.19. The summed E-state index contributed by atoms with van der Waals surface area (Å²) in [5.74, 6) is 0. The Hall–Kier alpha value is -0.120. The van der Waals surface area contributed by atoms with Gasteiger partial charge in [-0.15, -0.1) is 0 Å². The highest BCUT2D eigenvalue weighted by Crippen LogP contribution is 2.20. The van der Waals surface area contributed by atoms with Crippen LogP contribution in [-0.2, 0) is 4.74 Å². The molecule has 1 heterocycles. The SMILES string of the molecule is CC(C)N1CCOCC1(C)CN. The van der Waals surface area contributed by atoms with Crippen molar-refractivity contribution in [3.63, 3.8) is 0 Å². The molecule has 1 fully saturated rings. The number of nitrogens with two attached hydrogens (primary N) is 1. The molecule has 0 spiro atoms. The van der Waals surface area contributed by atoms with E-state index in [0.29, 0.717) is 12.6 Å². The van der Waals surface area contributed by atoms with Gasteiger partial charge in [-0.25, -0.2) is 0 Å². The summed E-state index contributed by atoms with van der Waals surface area (Å²) in [5, 5.41) is 0. The van der Waals surface area contributed by atoms with Crippen molar-refractivity contribution in [2.45, 2.75) is 32.4 Å². The van der Waals surface area contributed by atoms with Gasteiger partial charge in [-0.3, -0.25) is 4.90 Å². The van der Waals surface area contributed by atoms with E-state index in [0.717, 1.165) is 19.8 Å². The van der Waals surface area contributed by atoms with Gasteiger partial charge in [0, 0.05) is 19.1 Å². The molecule has 0 aliphatic carbocycles. The minimum atomic E-state index is 0.0480. The van der Waals surface area contributed by atoms with E-state index in [9.17, 15) is 0 Å². The third-order valence-corrected chi connectivity index (χ3v) is 2.65. The quantitative estimate of drug-likeness (QED) is 0.657. The van der Waals surface area contributed by atoms with E-state index in [-0.39, 0.29) is 5.54 Å². The van der Waals surface area contributed by atoms with Crippen molar-refractivity contribution < 1.29 is 4.74 Å². The first-order valence-electron chi connectivity index (χ1n) is 4.65. The Morgan fingerprint density at radius 3 is 2.67 bits per heavy atom. The number of ether oxygens (including phenoxy) is 1. The molecule has 0 saturated carbocycles. The van der Waals surface area contributed by atoms with Gasteiger partial charge in [0.15, 0.2) is 0 Å². The Morgan fingerprint density at radius 1 is 1.58 bits per heavy atom. The zero-order valence-corrected chi connectivity index (χ0v) is 8.34. The van der Waals surface area contributed by atoms with E-state index in [4.69, 9.17) is 10.5 Å². The van der Waals surface area contributed by atoms with Crippen LogP contribution in [0.5, 0.6) is 0 Å². The second-order valence-corrected chi connectivity index (χ2v) is 4.04. The zero-order valence-electron chi connectivity index (χ0n) is 8.34. The van der Waals surface area contributed by atoms with Gasteiger partial charge in [-0.2, -0.15) is 0 Å². The summed E-state index contributed by atoms with van der Waals surface area (Å²) in [5.41, 5.74) is 5.79. The monoisotopic (exact) mass is 172 g/mol. The third-order valence-electron chi connectivity index (χ3n) is 2.65. The van der Waals surface area contributed by atoms with Gasteiger partial charge in [0.2, 0.25) is 0 Å². The van der Waals surface area contributed by atoms with Crippen molar-refractivity contribution in [2.75, 3.05) is 26.3 Å². The first kappa shape index (κ1) is 9.96. The third kappa shape index (κ3) is 1.79. The highest BCUT2D eigenvalue weighted by Gasteiger charge is 2.35. The molecule has 3 heteroatoms. The van der Waals surface area contributed by atoms with E-state index >= 15 is 0 Å². The van der Waals surface area contributed by atoms with Gasteiger partial charge in [-0.1, -0.05) is 0 Å². The maximum absolute atomic E-state index is 5.74. The second-order valence-electron chi connectivity index (χ2n) is 4.04. The molecule has 0 aromatic heterocycles. The average molecular weight is 172 g/mol. The number of rotatable bonds is 2. The fourth-order valence-electron chi connectivity index (χ4n) is 1.87. The van der Waals surface area contributed by atoms with Crippen LogP contribution < -0.4 is 5.73 Å². The van der Waals surface area contributed by atoms with E-state index in [1.54, 1.807) is 0 Å². The fourth-order valence-corrected chi connectivity index (χ4v) is 1.87. The highest BCUT2D eigenvalue weighted by atomic mass is 16.5. The number of morpholine rings is 1. The van der Waals surface area contributed by atoms with Gasteiger partial charge in [-0.05, 0) is 20.8 Å². The maximum atomic E-state index is 5.74. The lowest BCUT2D eigenvalue weighted by Crippen LogP contribution is -2.61. The van der Waals surface area contributed by atoms with Crippen molar-refractivity contribution >= 4 is 0 Å². The molecule has 3 nitrogen and oxygen atoms in total. The van der Waals surface area contributed by atoms with Crippen LogP contribution in [0.3, 0.4) is 0 Å². The molecule has 0 bridgehead atoms. The van der Waals surface area contributed by atoms with Crippen LogP contribution in [0, 0.1) is 0 Å². The van der Waals surface area contributed by atoms with Crippen molar-refractivity contribution in [2.24, 2.45) is 5.73 Å². The number of hydrogen-bond donors (Lipinski definition) is 1. The fraction of sp³-hybridized carbons (Fsp3) is 1.00. The molecule has 2 N–H and O–H groups in total. The first-order chi connectivity index (χ1) is 5.60. The standard InChI is InChI=1S/C9H20N2O/c1-8(2)11-4-5-12-7-9(11,3)6-10/h8H,4-7,10H2,1-3H3. The highest BCUT2D eigenvalue weighted by molar-refractivity contribution is 4.91. The molecule has 0 aromatic carbocycles. The smallest absolute Gasteiger partial charge is 0.0660 e. The predicted molar refractivity (Wildman–Crippen MR) is 50.1 cm³/mol. The van der Waals surface area contributed by atoms with E-state index < -0.39 is 0 Å². The van der Waals surface area contributed by atoms with E-state index in [1.165, 1.54) is 0 Å². The Kier molecular flexibility index (Phi) is 3.09. The second kappa shape index (κ2) is 3.73. The van der Waals surface area contributed by atoms with E-state index in [1.807, 2.05) is 0 Å². The summed E-state index contributed by atoms with van der Waals surface area (Å²) >= 11 is 0. The number of nitrogens with zero attached hydrogens (tertiary/aromatic N) is 1.